The fourth-order valence-corrected chi connectivity index (χ4v) is 4.23. The van der Waals surface area contributed by atoms with Gasteiger partial charge in [0.05, 0.1) is 16.7 Å². The highest BCUT2D eigenvalue weighted by Gasteiger charge is 2.38. The van der Waals surface area contributed by atoms with Crippen LogP contribution < -0.4 is 5.32 Å². The molecular formula is C22H24Cl2N2O3. The second kappa shape index (κ2) is 9.61. The second-order valence-electron chi connectivity index (χ2n) is 7.42. The largest absolute Gasteiger partial charge is 0.395 e. The third-order valence-corrected chi connectivity index (χ3v) is 6.45. The normalized spacial score (nSPS) is 16.9. The van der Waals surface area contributed by atoms with Crippen LogP contribution >= 0.6 is 23.2 Å². The van der Waals surface area contributed by atoms with Crippen molar-refractivity contribution in [3.05, 3.63) is 69.7 Å². The monoisotopic (exact) mass is 434 g/mol. The second-order valence-corrected chi connectivity index (χ2v) is 8.23. The van der Waals surface area contributed by atoms with Gasteiger partial charge in [-0.2, -0.15) is 0 Å². The van der Waals surface area contributed by atoms with E-state index in [9.17, 15) is 14.7 Å². The van der Waals surface area contributed by atoms with Crippen molar-refractivity contribution in [1.82, 2.24) is 10.2 Å². The molecule has 3 rings (SSSR count). The van der Waals surface area contributed by atoms with Crippen LogP contribution in [0.25, 0.3) is 0 Å². The summed E-state index contributed by atoms with van der Waals surface area (Å²) in [5.41, 5.74) is 1.57. The summed E-state index contributed by atoms with van der Waals surface area (Å²) < 4.78 is 0. The molecule has 0 spiro atoms. The van der Waals surface area contributed by atoms with Gasteiger partial charge in [0.25, 0.3) is 0 Å². The third kappa shape index (κ3) is 4.92. The Morgan fingerprint density at radius 3 is 2.41 bits per heavy atom. The number of benzene rings is 2. The average molecular weight is 435 g/mol. The van der Waals surface area contributed by atoms with Gasteiger partial charge in [0, 0.05) is 24.9 Å². The SMILES string of the molecule is O=CNC(Cc1ccc(Cl)c(Cl)c1)C(=O)N1CCC(CO)(c2ccccc2)CC1. The van der Waals surface area contributed by atoms with Gasteiger partial charge in [-0.15, -0.1) is 0 Å². The molecule has 1 unspecified atom stereocenters. The highest BCUT2D eigenvalue weighted by atomic mass is 35.5. The summed E-state index contributed by atoms with van der Waals surface area (Å²) >= 11 is 12.0. The Bertz CT molecular complexity index is 852. The molecule has 1 saturated heterocycles. The van der Waals surface area contributed by atoms with Crippen LogP contribution in [-0.4, -0.2) is 48.1 Å². The van der Waals surface area contributed by atoms with E-state index in [2.05, 4.69) is 5.32 Å². The van der Waals surface area contributed by atoms with E-state index in [-0.39, 0.29) is 17.9 Å². The van der Waals surface area contributed by atoms with Gasteiger partial charge < -0.3 is 15.3 Å². The molecule has 7 heteroatoms. The van der Waals surface area contributed by atoms with Gasteiger partial charge in [-0.05, 0) is 36.1 Å². The van der Waals surface area contributed by atoms with Crippen LogP contribution in [0.3, 0.4) is 0 Å². The molecule has 1 aliphatic heterocycles. The quantitative estimate of drug-likeness (QED) is 0.657. The minimum atomic E-state index is -0.678. The molecule has 0 radical (unpaired) electrons. The molecule has 0 aliphatic carbocycles. The number of rotatable bonds is 7. The number of carbonyl (C=O) groups excluding carboxylic acids is 2. The summed E-state index contributed by atoms with van der Waals surface area (Å²) in [7, 11) is 0. The van der Waals surface area contributed by atoms with Crippen molar-refractivity contribution >= 4 is 35.5 Å². The van der Waals surface area contributed by atoms with Crippen LogP contribution in [-0.2, 0) is 21.4 Å². The van der Waals surface area contributed by atoms with E-state index in [1.807, 2.05) is 30.3 Å². The van der Waals surface area contributed by atoms with E-state index in [1.165, 1.54) is 0 Å². The van der Waals surface area contributed by atoms with Gasteiger partial charge in [-0.1, -0.05) is 59.6 Å². The number of aliphatic hydroxyl groups is 1. The molecule has 1 heterocycles. The lowest BCUT2D eigenvalue weighted by atomic mass is 9.73. The Morgan fingerprint density at radius 1 is 1.14 bits per heavy atom. The van der Waals surface area contributed by atoms with Gasteiger partial charge >= 0.3 is 0 Å². The van der Waals surface area contributed by atoms with Gasteiger partial charge in [-0.3, -0.25) is 9.59 Å². The molecule has 0 bridgehead atoms. The number of hydrogen-bond donors (Lipinski definition) is 2. The molecule has 2 N–H and O–H groups in total. The molecule has 154 valence electrons. The summed E-state index contributed by atoms with van der Waals surface area (Å²) in [4.78, 5) is 25.9. The molecule has 0 aromatic heterocycles. The molecule has 29 heavy (non-hydrogen) atoms. The minimum absolute atomic E-state index is 0.0400. The Kier molecular flexibility index (Phi) is 7.17. The maximum Gasteiger partial charge on any atom is 0.245 e. The van der Waals surface area contributed by atoms with E-state index < -0.39 is 6.04 Å². The maximum atomic E-state index is 13.1. The van der Waals surface area contributed by atoms with Crippen molar-refractivity contribution in [3.8, 4) is 0 Å². The summed E-state index contributed by atoms with van der Waals surface area (Å²) in [6.45, 7) is 1.08. The highest BCUT2D eigenvalue weighted by Crippen LogP contribution is 2.35. The molecule has 1 aliphatic rings. The number of nitrogens with one attached hydrogen (secondary N) is 1. The minimum Gasteiger partial charge on any atom is -0.395 e. The first kappa shape index (κ1) is 21.6. The van der Waals surface area contributed by atoms with Gasteiger partial charge in [0.1, 0.15) is 6.04 Å². The summed E-state index contributed by atoms with van der Waals surface area (Å²) in [5, 5.41) is 13.6. The molecule has 2 aromatic rings. The topological polar surface area (TPSA) is 69.6 Å². The molecule has 5 nitrogen and oxygen atoms in total. The van der Waals surface area contributed by atoms with Crippen molar-refractivity contribution in [2.45, 2.75) is 30.7 Å². The van der Waals surface area contributed by atoms with Crippen LogP contribution in [0, 0.1) is 0 Å². The lowest BCUT2D eigenvalue weighted by Gasteiger charge is -2.42. The van der Waals surface area contributed by atoms with E-state index in [4.69, 9.17) is 23.2 Å². The number of piperidine rings is 1. The fourth-order valence-electron chi connectivity index (χ4n) is 3.91. The Morgan fingerprint density at radius 2 is 1.83 bits per heavy atom. The number of aliphatic hydroxyl groups excluding tert-OH is 1. The van der Waals surface area contributed by atoms with E-state index in [0.29, 0.717) is 48.8 Å². The first-order valence-corrected chi connectivity index (χ1v) is 10.3. The average Bonchev–Trinajstić information content (AvgIpc) is 2.76. The number of likely N-dealkylation sites (tertiary alicyclic amines) is 1. The lowest BCUT2D eigenvalue weighted by molar-refractivity contribution is -0.136. The summed E-state index contributed by atoms with van der Waals surface area (Å²) in [6.07, 6.45) is 2.21. The molecule has 0 saturated carbocycles. The number of carbonyl (C=O) groups is 2. The van der Waals surface area contributed by atoms with Crippen LogP contribution in [0.4, 0.5) is 0 Å². The van der Waals surface area contributed by atoms with Crippen molar-refractivity contribution in [2.75, 3.05) is 19.7 Å². The zero-order valence-corrected chi connectivity index (χ0v) is 17.5. The van der Waals surface area contributed by atoms with Crippen molar-refractivity contribution in [1.29, 1.82) is 0 Å². The standard InChI is InChI=1S/C22H24Cl2N2O3/c23-18-7-6-16(12-19(18)24)13-20(25-15-28)21(29)26-10-8-22(14-27,9-11-26)17-4-2-1-3-5-17/h1-7,12,15,20,27H,8-11,13-14H2,(H,25,28). The molecule has 2 amide bonds. The zero-order chi connectivity index (χ0) is 20.9. The molecule has 1 fully saturated rings. The van der Waals surface area contributed by atoms with Crippen molar-refractivity contribution < 1.29 is 14.7 Å². The fraction of sp³-hybridized carbons (Fsp3) is 0.364. The highest BCUT2D eigenvalue weighted by molar-refractivity contribution is 6.42. The number of hydrogen-bond acceptors (Lipinski definition) is 3. The Hall–Kier alpha value is -2.08. The number of halogens is 2. The predicted octanol–water partition coefficient (Wildman–Crippen LogP) is 3.20. The first-order valence-electron chi connectivity index (χ1n) is 9.58. The summed E-state index contributed by atoms with van der Waals surface area (Å²) in [5.74, 6) is -0.136. The predicted molar refractivity (Wildman–Crippen MR) is 114 cm³/mol. The lowest BCUT2D eigenvalue weighted by Crippen LogP contribution is -2.53. The van der Waals surface area contributed by atoms with Gasteiger partial charge in [0.2, 0.25) is 12.3 Å². The van der Waals surface area contributed by atoms with E-state index >= 15 is 0 Å². The molecule has 1 atom stereocenters. The van der Waals surface area contributed by atoms with E-state index in [0.717, 1.165) is 11.1 Å². The Labute approximate surface area is 180 Å². The molecule has 2 aromatic carbocycles. The number of amides is 2. The van der Waals surface area contributed by atoms with Gasteiger partial charge in [0.15, 0.2) is 0 Å². The molecular weight excluding hydrogens is 411 g/mol. The zero-order valence-electron chi connectivity index (χ0n) is 16.0. The first-order chi connectivity index (χ1) is 14.0. The van der Waals surface area contributed by atoms with Crippen LogP contribution in [0.15, 0.2) is 48.5 Å². The van der Waals surface area contributed by atoms with Crippen molar-refractivity contribution in [3.63, 3.8) is 0 Å². The Balaban J connectivity index is 1.69. The van der Waals surface area contributed by atoms with Crippen LogP contribution in [0.1, 0.15) is 24.0 Å². The van der Waals surface area contributed by atoms with Gasteiger partial charge in [-0.25, -0.2) is 0 Å². The third-order valence-electron chi connectivity index (χ3n) is 5.71. The van der Waals surface area contributed by atoms with Crippen LogP contribution in [0.2, 0.25) is 10.0 Å². The van der Waals surface area contributed by atoms with Crippen LogP contribution in [0.5, 0.6) is 0 Å². The number of nitrogens with zero attached hydrogens (tertiary/aromatic N) is 1. The van der Waals surface area contributed by atoms with E-state index in [1.54, 1.807) is 23.1 Å². The van der Waals surface area contributed by atoms with Crippen molar-refractivity contribution in [2.24, 2.45) is 0 Å². The summed E-state index contributed by atoms with van der Waals surface area (Å²) in [6, 6.07) is 14.4. The smallest absolute Gasteiger partial charge is 0.245 e. The maximum absolute atomic E-state index is 13.1.